The normalized spacial score (nSPS) is 12.6. The van der Waals surface area contributed by atoms with E-state index in [0.717, 1.165) is 16.8 Å². The number of nitro groups is 1. The third kappa shape index (κ3) is 7.81. The van der Waals surface area contributed by atoms with Crippen LogP contribution in [0.15, 0.2) is 91.0 Å². The second kappa shape index (κ2) is 12.0. The molecule has 7 nitrogen and oxygen atoms in total. The fourth-order valence-electron chi connectivity index (χ4n) is 3.18. The Hall–Kier alpha value is -4.13. The van der Waals surface area contributed by atoms with E-state index in [-0.39, 0.29) is 24.3 Å². The van der Waals surface area contributed by atoms with Gasteiger partial charge in [-0.1, -0.05) is 79.7 Å². The number of hydrogen-bond acceptors (Lipinski definition) is 5. The summed E-state index contributed by atoms with van der Waals surface area (Å²) < 4.78 is 5.29. The van der Waals surface area contributed by atoms with Gasteiger partial charge in [-0.2, -0.15) is 0 Å². The van der Waals surface area contributed by atoms with Gasteiger partial charge in [0.1, 0.15) is 6.61 Å². The van der Waals surface area contributed by atoms with E-state index in [1.165, 1.54) is 12.1 Å². The molecule has 0 saturated carbocycles. The van der Waals surface area contributed by atoms with E-state index < -0.39 is 11.0 Å². The van der Waals surface area contributed by atoms with Crippen LogP contribution in [0.3, 0.4) is 0 Å². The minimum atomic E-state index is -0.480. The van der Waals surface area contributed by atoms with Crippen LogP contribution >= 0.6 is 0 Å². The van der Waals surface area contributed by atoms with Gasteiger partial charge in [-0.3, -0.25) is 10.1 Å². The molecule has 7 heteroatoms. The molecule has 0 bridgehead atoms. The maximum absolute atomic E-state index is 12.1. The Morgan fingerprint density at radius 2 is 1.64 bits per heavy atom. The number of nitrogens with one attached hydrogen (secondary N) is 2. The number of anilines is 1. The van der Waals surface area contributed by atoms with Crippen LogP contribution in [0, 0.1) is 16.0 Å². The minimum Gasteiger partial charge on any atom is -0.445 e. The lowest BCUT2D eigenvalue weighted by Gasteiger charge is -2.24. The van der Waals surface area contributed by atoms with E-state index >= 15 is 0 Å². The van der Waals surface area contributed by atoms with Crippen LogP contribution in [-0.2, 0) is 11.3 Å². The van der Waals surface area contributed by atoms with Crippen LogP contribution in [-0.4, -0.2) is 23.6 Å². The quantitative estimate of drug-likeness (QED) is 0.311. The van der Waals surface area contributed by atoms with Crippen LogP contribution in [0.25, 0.3) is 6.08 Å². The van der Waals surface area contributed by atoms with Crippen molar-refractivity contribution >= 4 is 23.5 Å². The van der Waals surface area contributed by atoms with E-state index in [1.54, 1.807) is 12.1 Å². The molecule has 0 radical (unpaired) electrons. The lowest BCUT2D eigenvalue weighted by Crippen LogP contribution is -2.36. The lowest BCUT2D eigenvalue weighted by molar-refractivity contribution is -0.384. The van der Waals surface area contributed by atoms with Gasteiger partial charge in [-0.25, -0.2) is 4.79 Å². The summed E-state index contributed by atoms with van der Waals surface area (Å²) in [6.45, 7) is 2.60. The van der Waals surface area contributed by atoms with Crippen LogP contribution in [0.4, 0.5) is 16.2 Å². The number of rotatable bonds is 10. The third-order valence-corrected chi connectivity index (χ3v) is 5.10. The maximum Gasteiger partial charge on any atom is 0.407 e. The number of ether oxygens (including phenoxy) is 1. The van der Waals surface area contributed by atoms with Crippen LogP contribution in [0.2, 0.25) is 0 Å². The van der Waals surface area contributed by atoms with E-state index in [4.69, 9.17) is 4.74 Å². The molecule has 1 amide bonds. The topological polar surface area (TPSA) is 93.5 Å². The summed E-state index contributed by atoms with van der Waals surface area (Å²) in [5.41, 5.74) is 2.76. The maximum atomic E-state index is 12.1. The predicted molar refractivity (Wildman–Crippen MR) is 130 cm³/mol. The average molecular weight is 446 g/mol. The second-order valence-corrected chi connectivity index (χ2v) is 7.66. The molecule has 0 aliphatic carbocycles. The molecule has 0 fully saturated rings. The molecule has 33 heavy (non-hydrogen) atoms. The molecule has 2 atom stereocenters. The molecule has 3 aromatic rings. The monoisotopic (exact) mass is 445 g/mol. The van der Waals surface area contributed by atoms with Crippen molar-refractivity contribution in [2.24, 2.45) is 5.92 Å². The molecule has 0 aromatic heterocycles. The number of nitro benzene ring substituents is 1. The zero-order chi connectivity index (χ0) is 23.5. The molecule has 0 heterocycles. The van der Waals surface area contributed by atoms with Crippen molar-refractivity contribution in [1.29, 1.82) is 0 Å². The van der Waals surface area contributed by atoms with Crippen molar-refractivity contribution in [2.75, 3.05) is 11.9 Å². The van der Waals surface area contributed by atoms with Crippen molar-refractivity contribution in [1.82, 2.24) is 5.32 Å². The van der Waals surface area contributed by atoms with Crippen molar-refractivity contribution in [3.63, 3.8) is 0 Å². The van der Waals surface area contributed by atoms with Crippen LogP contribution in [0.1, 0.15) is 18.1 Å². The van der Waals surface area contributed by atoms with Crippen molar-refractivity contribution in [2.45, 2.75) is 19.6 Å². The molecular weight excluding hydrogens is 418 g/mol. The molecule has 0 spiro atoms. The molecule has 0 saturated heterocycles. The first kappa shape index (κ1) is 23.5. The molecule has 3 aromatic carbocycles. The molecule has 3 rings (SSSR count). The molecule has 2 N–H and O–H groups in total. The van der Waals surface area contributed by atoms with Gasteiger partial charge in [0.25, 0.3) is 5.69 Å². The molecule has 0 unspecified atom stereocenters. The Morgan fingerprint density at radius 1 is 1.00 bits per heavy atom. The molecule has 170 valence electrons. The fraction of sp³-hybridized carbons (Fsp3) is 0.192. The van der Waals surface area contributed by atoms with E-state index in [1.807, 2.05) is 79.7 Å². The van der Waals surface area contributed by atoms with E-state index in [0.29, 0.717) is 6.54 Å². The highest BCUT2D eigenvalue weighted by atomic mass is 16.6. The minimum absolute atomic E-state index is 0.00410. The zero-order valence-corrected chi connectivity index (χ0v) is 18.4. The van der Waals surface area contributed by atoms with Crippen LogP contribution in [0.5, 0.6) is 0 Å². The molecular formula is C26H27N3O4. The summed E-state index contributed by atoms with van der Waals surface area (Å²) >= 11 is 0. The Bertz CT molecular complexity index is 1050. The van der Waals surface area contributed by atoms with Gasteiger partial charge in [0, 0.05) is 30.4 Å². The Labute approximate surface area is 193 Å². The zero-order valence-electron chi connectivity index (χ0n) is 18.4. The standard InChI is InChI=1S/C26H27N3O4/c1-20(18-27-26(30)33-19-22-10-6-3-7-11-22)25(17-12-21-8-4-2-5-9-21)28-23-13-15-24(16-14-23)29(31)32/h2-17,20,25,28H,18-19H2,1H3,(H,27,30)/b17-12+/t20-,25+/m0/s1. The summed E-state index contributed by atoms with van der Waals surface area (Å²) in [4.78, 5) is 22.6. The number of nitrogens with zero attached hydrogens (tertiary/aromatic N) is 1. The number of carbonyl (C=O) groups is 1. The van der Waals surface area contributed by atoms with Gasteiger partial charge in [0.2, 0.25) is 0 Å². The highest BCUT2D eigenvalue weighted by Gasteiger charge is 2.17. The smallest absolute Gasteiger partial charge is 0.407 e. The van der Waals surface area contributed by atoms with E-state index in [2.05, 4.69) is 10.6 Å². The first-order valence-corrected chi connectivity index (χ1v) is 10.7. The first-order valence-electron chi connectivity index (χ1n) is 10.7. The summed E-state index contributed by atoms with van der Waals surface area (Å²) in [6.07, 6.45) is 3.55. The van der Waals surface area contributed by atoms with E-state index in [9.17, 15) is 14.9 Å². The highest BCUT2D eigenvalue weighted by Crippen LogP contribution is 2.19. The number of hydrogen-bond donors (Lipinski definition) is 2. The lowest BCUT2D eigenvalue weighted by atomic mass is 10.00. The fourth-order valence-corrected chi connectivity index (χ4v) is 3.18. The van der Waals surface area contributed by atoms with Crippen molar-refractivity contribution in [3.05, 3.63) is 112 Å². The summed E-state index contributed by atoms with van der Waals surface area (Å²) in [6, 6.07) is 25.5. The number of amides is 1. The number of benzene rings is 3. The molecule has 0 aliphatic heterocycles. The largest absolute Gasteiger partial charge is 0.445 e. The number of carbonyl (C=O) groups excluding carboxylic acids is 1. The third-order valence-electron chi connectivity index (χ3n) is 5.10. The molecule has 0 aliphatic rings. The predicted octanol–water partition coefficient (Wildman–Crippen LogP) is 5.65. The number of non-ortho nitro benzene ring substituents is 1. The van der Waals surface area contributed by atoms with Crippen LogP contribution < -0.4 is 10.6 Å². The van der Waals surface area contributed by atoms with Crippen molar-refractivity contribution < 1.29 is 14.5 Å². The van der Waals surface area contributed by atoms with Gasteiger partial charge in [-0.15, -0.1) is 0 Å². The van der Waals surface area contributed by atoms with Crippen molar-refractivity contribution in [3.8, 4) is 0 Å². The second-order valence-electron chi connectivity index (χ2n) is 7.66. The Morgan fingerprint density at radius 3 is 2.27 bits per heavy atom. The summed E-state index contributed by atoms with van der Waals surface area (Å²) in [5, 5.41) is 17.1. The summed E-state index contributed by atoms with van der Waals surface area (Å²) in [7, 11) is 0. The highest BCUT2D eigenvalue weighted by molar-refractivity contribution is 5.67. The van der Waals surface area contributed by atoms with Gasteiger partial charge in [0.05, 0.1) is 4.92 Å². The van der Waals surface area contributed by atoms with Gasteiger partial charge >= 0.3 is 6.09 Å². The summed E-state index contributed by atoms with van der Waals surface area (Å²) in [5.74, 6) is 0.00410. The SMILES string of the molecule is C[C@@H](CNC(=O)OCc1ccccc1)[C@@H](/C=C/c1ccccc1)Nc1ccc([N+](=O)[O-])cc1. The van der Waals surface area contributed by atoms with Gasteiger partial charge < -0.3 is 15.4 Å². The Balaban J connectivity index is 1.62. The Kier molecular flexibility index (Phi) is 8.59. The van der Waals surface area contributed by atoms with Gasteiger partial charge in [0.15, 0.2) is 0 Å². The average Bonchev–Trinajstić information content (AvgIpc) is 2.85. The number of alkyl carbamates (subject to hydrolysis) is 1. The van der Waals surface area contributed by atoms with Gasteiger partial charge in [-0.05, 0) is 29.2 Å². The first-order chi connectivity index (χ1) is 16.0.